The molecule has 2 aromatic heterocycles. The molecule has 0 amide bonds. The van der Waals surface area contributed by atoms with Crippen molar-refractivity contribution >= 4 is 33.5 Å². The van der Waals surface area contributed by atoms with Gasteiger partial charge in [0.1, 0.15) is 35.2 Å². The molecular weight excluding hydrogens is 420 g/mol. The van der Waals surface area contributed by atoms with Crippen molar-refractivity contribution in [2.75, 3.05) is 19.8 Å². The lowest BCUT2D eigenvalue weighted by Gasteiger charge is -2.08. The molecule has 0 aliphatic rings. The molecule has 0 saturated heterocycles. The summed E-state index contributed by atoms with van der Waals surface area (Å²) in [4.78, 5) is 42.2. The smallest absolute Gasteiger partial charge is 0.348 e. The van der Waals surface area contributed by atoms with Crippen LogP contribution < -0.4 is 10.3 Å². The molecule has 1 aromatic carbocycles. The molecule has 8 nitrogen and oxygen atoms in total. The third-order valence-electron chi connectivity index (χ3n) is 4.31. The van der Waals surface area contributed by atoms with E-state index in [2.05, 4.69) is 4.98 Å². The number of thiophene rings is 1. The normalized spacial score (nSPS) is 11.0. The van der Waals surface area contributed by atoms with E-state index in [-0.39, 0.29) is 32.3 Å². The van der Waals surface area contributed by atoms with Crippen LogP contribution in [0.2, 0.25) is 0 Å². The average molecular weight is 445 g/mol. The Labute approximate surface area is 183 Å². The highest BCUT2D eigenvalue weighted by Crippen LogP contribution is 2.27. The maximum atomic E-state index is 12.8. The van der Waals surface area contributed by atoms with Crippen molar-refractivity contribution in [2.24, 2.45) is 5.92 Å². The predicted octanol–water partition coefficient (Wildman–Crippen LogP) is 3.20. The Balaban J connectivity index is 1.67. The van der Waals surface area contributed by atoms with E-state index >= 15 is 0 Å². The average Bonchev–Trinajstić information content (AvgIpc) is 3.09. The van der Waals surface area contributed by atoms with E-state index in [1.165, 1.54) is 10.9 Å². The van der Waals surface area contributed by atoms with E-state index in [0.717, 1.165) is 11.3 Å². The van der Waals surface area contributed by atoms with Gasteiger partial charge in [0.2, 0.25) is 0 Å². The molecule has 31 heavy (non-hydrogen) atoms. The lowest BCUT2D eigenvalue weighted by Crippen LogP contribution is -2.26. The summed E-state index contributed by atoms with van der Waals surface area (Å²) >= 11 is 1.09. The summed E-state index contributed by atoms with van der Waals surface area (Å²) in [5, 5.41) is 0.302. The van der Waals surface area contributed by atoms with Gasteiger partial charge in [-0.2, -0.15) is 0 Å². The summed E-state index contributed by atoms with van der Waals surface area (Å²) in [5.74, 6) is -0.164. The van der Waals surface area contributed by atoms with E-state index in [9.17, 15) is 14.4 Å². The number of hydrogen-bond acceptors (Lipinski definition) is 8. The number of carbonyl (C=O) groups is 2. The third-order valence-corrected chi connectivity index (χ3v) is 5.49. The van der Waals surface area contributed by atoms with E-state index in [0.29, 0.717) is 26.4 Å². The Hall–Kier alpha value is -3.20. The number of para-hydroxylation sites is 1. The minimum Gasteiger partial charge on any atom is -0.490 e. The SMILES string of the molecule is Cc1c(C(=O)OCCOc2ccccc2)sc2ncn(CC(=O)OCC(C)C)c(=O)c12. The van der Waals surface area contributed by atoms with Gasteiger partial charge in [0.25, 0.3) is 5.56 Å². The molecule has 0 unspecified atom stereocenters. The monoisotopic (exact) mass is 444 g/mol. The van der Waals surface area contributed by atoms with Crippen LogP contribution in [-0.2, 0) is 20.8 Å². The number of carbonyl (C=O) groups excluding carboxylic acids is 2. The fourth-order valence-electron chi connectivity index (χ4n) is 2.79. The van der Waals surface area contributed by atoms with Crippen LogP contribution >= 0.6 is 11.3 Å². The minimum atomic E-state index is -0.542. The van der Waals surface area contributed by atoms with E-state index < -0.39 is 17.5 Å². The first-order valence-electron chi connectivity index (χ1n) is 9.86. The number of aryl methyl sites for hydroxylation is 1. The summed E-state index contributed by atoms with van der Waals surface area (Å²) in [6.45, 7) is 5.85. The van der Waals surface area contributed by atoms with Gasteiger partial charge in [-0.3, -0.25) is 14.2 Å². The molecule has 3 rings (SSSR count). The highest BCUT2D eigenvalue weighted by atomic mass is 32.1. The summed E-state index contributed by atoms with van der Waals surface area (Å²) in [6.07, 6.45) is 1.29. The summed E-state index contributed by atoms with van der Waals surface area (Å²) in [5.41, 5.74) is 0.0862. The Morgan fingerprint density at radius 2 is 1.87 bits per heavy atom. The molecule has 0 aliphatic heterocycles. The number of nitrogens with zero attached hydrogens (tertiary/aromatic N) is 2. The van der Waals surface area contributed by atoms with Gasteiger partial charge in [0, 0.05) is 0 Å². The van der Waals surface area contributed by atoms with Crippen LogP contribution in [0.25, 0.3) is 10.2 Å². The lowest BCUT2D eigenvalue weighted by atomic mass is 10.2. The first kappa shape index (κ1) is 22.5. The largest absolute Gasteiger partial charge is 0.490 e. The van der Waals surface area contributed by atoms with Gasteiger partial charge >= 0.3 is 11.9 Å². The number of rotatable bonds is 9. The molecule has 2 heterocycles. The molecule has 3 aromatic rings. The van der Waals surface area contributed by atoms with Crippen LogP contribution in [0.5, 0.6) is 5.75 Å². The highest BCUT2D eigenvalue weighted by Gasteiger charge is 2.21. The second-order valence-corrected chi connectivity index (χ2v) is 8.29. The van der Waals surface area contributed by atoms with E-state index in [1.807, 2.05) is 44.2 Å². The van der Waals surface area contributed by atoms with Crippen LogP contribution in [0.4, 0.5) is 0 Å². The predicted molar refractivity (Wildman–Crippen MR) is 117 cm³/mol. The quantitative estimate of drug-likeness (QED) is 0.369. The van der Waals surface area contributed by atoms with Crippen molar-refractivity contribution in [3.8, 4) is 5.75 Å². The van der Waals surface area contributed by atoms with Crippen molar-refractivity contribution in [1.29, 1.82) is 0 Å². The van der Waals surface area contributed by atoms with Crippen molar-refractivity contribution in [1.82, 2.24) is 9.55 Å². The Bertz CT molecular complexity index is 1120. The summed E-state index contributed by atoms with van der Waals surface area (Å²) < 4.78 is 17.1. The molecule has 0 spiro atoms. The fraction of sp³-hybridized carbons (Fsp3) is 0.364. The number of benzene rings is 1. The Morgan fingerprint density at radius 1 is 1.13 bits per heavy atom. The van der Waals surface area contributed by atoms with Gasteiger partial charge in [-0.1, -0.05) is 32.0 Å². The third kappa shape index (κ3) is 5.69. The molecule has 0 aliphatic carbocycles. The fourth-order valence-corrected chi connectivity index (χ4v) is 3.82. The van der Waals surface area contributed by atoms with Crippen molar-refractivity contribution in [3.63, 3.8) is 0 Å². The zero-order chi connectivity index (χ0) is 22.4. The standard InChI is InChI=1S/C22H24N2O6S/c1-14(2)12-30-17(25)11-24-13-23-20-18(21(24)26)15(3)19(31-20)22(27)29-10-9-28-16-7-5-4-6-8-16/h4-8,13-14H,9-12H2,1-3H3. The van der Waals surface area contributed by atoms with Gasteiger partial charge in [-0.05, 0) is 30.5 Å². The first-order valence-corrected chi connectivity index (χ1v) is 10.7. The van der Waals surface area contributed by atoms with E-state index in [4.69, 9.17) is 14.2 Å². The number of fused-ring (bicyclic) bond motifs is 1. The van der Waals surface area contributed by atoms with Crippen molar-refractivity contribution in [3.05, 3.63) is 57.5 Å². The van der Waals surface area contributed by atoms with Gasteiger partial charge in [0.15, 0.2) is 0 Å². The number of esters is 2. The Kier molecular flexibility index (Phi) is 7.41. The van der Waals surface area contributed by atoms with Crippen LogP contribution in [0.1, 0.15) is 29.1 Å². The molecule has 0 atom stereocenters. The van der Waals surface area contributed by atoms with Crippen molar-refractivity contribution in [2.45, 2.75) is 27.3 Å². The topological polar surface area (TPSA) is 96.7 Å². The number of hydrogen-bond donors (Lipinski definition) is 0. The van der Waals surface area contributed by atoms with Crippen LogP contribution in [0, 0.1) is 12.8 Å². The van der Waals surface area contributed by atoms with Gasteiger partial charge in [-0.15, -0.1) is 11.3 Å². The first-order chi connectivity index (χ1) is 14.9. The van der Waals surface area contributed by atoms with Crippen LogP contribution in [0.3, 0.4) is 0 Å². The van der Waals surface area contributed by atoms with E-state index in [1.54, 1.807) is 6.92 Å². The summed E-state index contributed by atoms with van der Waals surface area (Å²) in [6, 6.07) is 9.21. The zero-order valence-electron chi connectivity index (χ0n) is 17.6. The molecule has 0 fully saturated rings. The maximum absolute atomic E-state index is 12.8. The van der Waals surface area contributed by atoms with Crippen molar-refractivity contribution < 1.29 is 23.8 Å². The second-order valence-electron chi connectivity index (χ2n) is 7.29. The molecule has 164 valence electrons. The van der Waals surface area contributed by atoms with Gasteiger partial charge in [0.05, 0.1) is 18.3 Å². The second kappa shape index (κ2) is 10.2. The molecule has 0 saturated carbocycles. The highest BCUT2D eigenvalue weighted by molar-refractivity contribution is 7.20. The maximum Gasteiger partial charge on any atom is 0.348 e. The molecule has 0 radical (unpaired) electrons. The molecule has 0 bridgehead atoms. The van der Waals surface area contributed by atoms with Crippen LogP contribution in [-0.4, -0.2) is 41.3 Å². The minimum absolute atomic E-state index is 0.0702. The summed E-state index contributed by atoms with van der Waals surface area (Å²) in [7, 11) is 0. The molecule has 9 heteroatoms. The van der Waals surface area contributed by atoms with Crippen LogP contribution in [0.15, 0.2) is 41.5 Å². The molecular formula is C22H24N2O6S. The van der Waals surface area contributed by atoms with Gasteiger partial charge < -0.3 is 14.2 Å². The molecule has 0 N–H and O–H groups in total. The number of aromatic nitrogens is 2. The Morgan fingerprint density at radius 3 is 2.58 bits per heavy atom. The number of ether oxygens (including phenoxy) is 3. The lowest BCUT2D eigenvalue weighted by molar-refractivity contribution is -0.145. The van der Waals surface area contributed by atoms with Gasteiger partial charge in [-0.25, -0.2) is 9.78 Å². The zero-order valence-corrected chi connectivity index (χ0v) is 18.4.